The number of amides is 1. The molecule has 0 saturated heterocycles. The molecular weight excluding hydrogens is 284 g/mol. The zero-order valence-electron chi connectivity index (χ0n) is 12.3. The highest BCUT2D eigenvalue weighted by atomic mass is 32.1. The third-order valence-corrected chi connectivity index (χ3v) is 3.77. The van der Waals surface area contributed by atoms with Gasteiger partial charge in [-0.15, -0.1) is 11.3 Å². The smallest absolute Gasteiger partial charge is 0.277 e. The third kappa shape index (κ3) is 4.72. The summed E-state index contributed by atoms with van der Waals surface area (Å²) >= 11 is 1.62. The molecule has 1 heterocycles. The fourth-order valence-corrected chi connectivity index (χ4v) is 2.58. The van der Waals surface area contributed by atoms with Gasteiger partial charge >= 0.3 is 0 Å². The number of carbonyl (C=O) groups is 1. The minimum Gasteiger partial charge on any atom is -0.483 e. The molecule has 0 aliphatic carbocycles. The van der Waals surface area contributed by atoms with Crippen LogP contribution in [0.25, 0.3) is 0 Å². The standard InChI is InChI=1S/C16H18N2O2S/c1-11-4-7-15(12(2)8-11)20-10-16(19)18-17-9-14-6-5-13(3)21-14/h4-9H,10H2,1-3H3,(H,18,19)/b17-9+. The number of hydrazone groups is 1. The maximum atomic E-state index is 11.6. The molecule has 1 N–H and O–H groups in total. The zero-order chi connectivity index (χ0) is 15.2. The number of ether oxygens (including phenoxy) is 1. The molecule has 0 bridgehead atoms. The summed E-state index contributed by atoms with van der Waals surface area (Å²) in [7, 11) is 0. The molecule has 1 amide bonds. The van der Waals surface area contributed by atoms with Crippen molar-refractivity contribution in [3.63, 3.8) is 0 Å². The summed E-state index contributed by atoms with van der Waals surface area (Å²) in [5.41, 5.74) is 4.63. The molecule has 2 aromatic rings. The second-order valence-corrected chi connectivity index (χ2v) is 6.12. The van der Waals surface area contributed by atoms with E-state index in [4.69, 9.17) is 4.74 Å². The van der Waals surface area contributed by atoms with Gasteiger partial charge < -0.3 is 4.74 Å². The minimum absolute atomic E-state index is 0.0509. The normalized spacial score (nSPS) is 10.8. The van der Waals surface area contributed by atoms with Crippen LogP contribution < -0.4 is 10.2 Å². The van der Waals surface area contributed by atoms with Gasteiger partial charge in [-0.1, -0.05) is 17.7 Å². The number of rotatable bonds is 5. The lowest BCUT2D eigenvalue weighted by molar-refractivity contribution is -0.123. The summed E-state index contributed by atoms with van der Waals surface area (Å²) in [5, 5.41) is 3.91. The van der Waals surface area contributed by atoms with E-state index in [1.165, 1.54) is 10.4 Å². The molecule has 4 nitrogen and oxygen atoms in total. The Bertz CT molecular complexity index is 662. The predicted molar refractivity (Wildman–Crippen MR) is 86.2 cm³/mol. The first-order valence-corrected chi connectivity index (χ1v) is 7.44. The van der Waals surface area contributed by atoms with Crippen molar-refractivity contribution in [1.82, 2.24) is 5.43 Å². The van der Waals surface area contributed by atoms with Crippen LogP contribution in [0.5, 0.6) is 5.75 Å². The van der Waals surface area contributed by atoms with Gasteiger partial charge in [-0.3, -0.25) is 4.79 Å². The largest absolute Gasteiger partial charge is 0.483 e. The SMILES string of the molecule is Cc1ccc(OCC(=O)N/N=C/c2ccc(C)s2)c(C)c1. The monoisotopic (exact) mass is 302 g/mol. The average molecular weight is 302 g/mol. The number of thiophene rings is 1. The highest BCUT2D eigenvalue weighted by Crippen LogP contribution is 2.18. The van der Waals surface area contributed by atoms with Crippen LogP contribution in [0.15, 0.2) is 35.4 Å². The Morgan fingerprint density at radius 3 is 2.76 bits per heavy atom. The Morgan fingerprint density at radius 1 is 1.29 bits per heavy atom. The van der Waals surface area contributed by atoms with Crippen molar-refractivity contribution >= 4 is 23.5 Å². The molecule has 0 radical (unpaired) electrons. The first-order valence-electron chi connectivity index (χ1n) is 6.63. The van der Waals surface area contributed by atoms with Crippen LogP contribution in [0, 0.1) is 20.8 Å². The molecule has 0 atom stereocenters. The summed E-state index contributed by atoms with van der Waals surface area (Å²) < 4.78 is 5.48. The highest BCUT2D eigenvalue weighted by molar-refractivity contribution is 7.13. The van der Waals surface area contributed by atoms with E-state index < -0.39 is 0 Å². The first-order chi connectivity index (χ1) is 10.0. The van der Waals surface area contributed by atoms with Gasteiger partial charge in [0.05, 0.1) is 6.21 Å². The van der Waals surface area contributed by atoms with E-state index >= 15 is 0 Å². The van der Waals surface area contributed by atoms with E-state index in [0.29, 0.717) is 5.75 Å². The van der Waals surface area contributed by atoms with Crippen LogP contribution in [0.4, 0.5) is 0 Å². The minimum atomic E-state index is -0.278. The second kappa shape index (κ2) is 7.04. The second-order valence-electron chi connectivity index (χ2n) is 4.80. The number of carbonyl (C=O) groups excluding carboxylic acids is 1. The van der Waals surface area contributed by atoms with Gasteiger partial charge in [0.15, 0.2) is 6.61 Å². The molecule has 0 aliphatic heterocycles. The summed E-state index contributed by atoms with van der Waals surface area (Å²) in [5.74, 6) is 0.438. The molecule has 0 unspecified atom stereocenters. The molecule has 1 aromatic carbocycles. The lowest BCUT2D eigenvalue weighted by Gasteiger charge is -2.08. The Labute approximate surface area is 128 Å². The van der Waals surface area contributed by atoms with Crippen molar-refractivity contribution in [2.24, 2.45) is 5.10 Å². The van der Waals surface area contributed by atoms with Crippen LogP contribution in [0.1, 0.15) is 20.9 Å². The topological polar surface area (TPSA) is 50.7 Å². The zero-order valence-corrected chi connectivity index (χ0v) is 13.2. The number of hydrogen-bond acceptors (Lipinski definition) is 4. The third-order valence-electron chi connectivity index (χ3n) is 2.83. The van der Waals surface area contributed by atoms with Crippen molar-refractivity contribution in [1.29, 1.82) is 0 Å². The van der Waals surface area contributed by atoms with Crippen LogP contribution in [-0.4, -0.2) is 18.7 Å². The van der Waals surface area contributed by atoms with Crippen LogP contribution in [0.2, 0.25) is 0 Å². The van der Waals surface area contributed by atoms with E-state index in [2.05, 4.69) is 10.5 Å². The van der Waals surface area contributed by atoms with Crippen LogP contribution in [-0.2, 0) is 4.79 Å². The van der Waals surface area contributed by atoms with Crippen molar-refractivity contribution < 1.29 is 9.53 Å². The average Bonchev–Trinajstić information content (AvgIpc) is 2.83. The molecule has 0 saturated carbocycles. The molecule has 110 valence electrons. The van der Waals surface area contributed by atoms with Gasteiger partial charge in [0.25, 0.3) is 5.91 Å². The Balaban J connectivity index is 1.81. The number of hydrogen-bond donors (Lipinski definition) is 1. The number of benzene rings is 1. The molecule has 0 aliphatic rings. The van der Waals surface area contributed by atoms with Gasteiger partial charge in [0.2, 0.25) is 0 Å². The Kier molecular flexibility index (Phi) is 5.11. The molecule has 21 heavy (non-hydrogen) atoms. The van der Waals surface area contributed by atoms with Crippen LogP contribution >= 0.6 is 11.3 Å². The number of aryl methyl sites for hydroxylation is 3. The fraction of sp³-hybridized carbons (Fsp3) is 0.250. The first kappa shape index (κ1) is 15.3. The summed E-state index contributed by atoms with van der Waals surface area (Å²) in [6, 6.07) is 9.82. The van der Waals surface area contributed by atoms with Gasteiger partial charge in [0, 0.05) is 9.75 Å². The van der Waals surface area contributed by atoms with Crippen molar-refractivity contribution in [3.05, 3.63) is 51.2 Å². The molecule has 1 aromatic heterocycles. The van der Waals surface area contributed by atoms with Gasteiger partial charge in [0.1, 0.15) is 5.75 Å². The summed E-state index contributed by atoms with van der Waals surface area (Å²) in [6.45, 7) is 5.95. The summed E-state index contributed by atoms with van der Waals surface area (Å²) in [4.78, 5) is 13.9. The molecule has 0 fully saturated rings. The van der Waals surface area contributed by atoms with Crippen LogP contribution in [0.3, 0.4) is 0 Å². The highest BCUT2D eigenvalue weighted by Gasteiger charge is 2.04. The lowest BCUT2D eigenvalue weighted by atomic mass is 10.1. The summed E-state index contributed by atoms with van der Waals surface area (Å²) in [6.07, 6.45) is 1.63. The predicted octanol–water partition coefficient (Wildman–Crippen LogP) is 3.20. The van der Waals surface area contributed by atoms with Crippen molar-refractivity contribution in [2.45, 2.75) is 20.8 Å². The number of nitrogens with one attached hydrogen (secondary N) is 1. The molecular formula is C16H18N2O2S. The maximum absolute atomic E-state index is 11.6. The maximum Gasteiger partial charge on any atom is 0.277 e. The van der Waals surface area contributed by atoms with Crippen molar-refractivity contribution in [3.8, 4) is 5.75 Å². The van der Waals surface area contributed by atoms with E-state index in [1.54, 1.807) is 17.6 Å². The van der Waals surface area contributed by atoms with Crippen molar-refractivity contribution in [2.75, 3.05) is 6.61 Å². The quantitative estimate of drug-likeness (QED) is 0.681. The molecule has 0 spiro atoms. The van der Waals surface area contributed by atoms with E-state index in [-0.39, 0.29) is 12.5 Å². The van der Waals surface area contributed by atoms with E-state index in [9.17, 15) is 4.79 Å². The van der Waals surface area contributed by atoms with E-state index in [1.807, 2.05) is 51.1 Å². The Morgan fingerprint density at radius 2 is 2.10 bits per heavy atom. The fourth-order valence-electron chi connectivity index (χ4n) is 1.83. The van der Waals surface area contributed by atoms with Gasteiger partial charge in [-0.2, -0.15) is 5.10 Å². The van der Waals surface area contributed by atoms with E-state index in [0.717, 1.165) is 10.4 Å². The van der Waals surface area contributed by atoms with Gasteiger partial charge in [-0.05, 0) is 44.5 Å². The molecule has 2 rings (SSSR count). The van der Waals surface area contributed by atoms with Gasteiger partial charge in [-0.25, -0.2) is 5.43 Å². The number of nitrogens with zero attached hydrogens (tertiary/aromatic N) is 1. The lowest BCUT2D eigenvalue weighted by Crippen LogP contribution is -2.24. The molecule has 5 heteroatoms. The Hall–Kier alpha value is -2.14.